The van der Waals surface area contributed by atoms with Gasteiger partial charge >= 0.3 is 0 Å². The second-order valence-corrected chi connectivity index (χ2v) is 6.85. The maximum Gasteiger partial charge on any atom is 0.259 e. The fourth-order valence-corrected chi connectivity index (χ4v) is 2.90. The van der Waals surface area contributed by atoms with Crippen LogP contribution in [0.1, 0.15) is 52.7 Å². The van der Waals surface area contributed by atoms with Crippen LogP contribution < -0.4 is 15.4 Å². The number of hydrogen-bond acceptors (Lipinski definition) is 4. The van der Waals surface area contributed by atoms with Crippen molar-refractivity contribution in [2.45, 2.75) is 32.7 Å². The normalized spacial score (nSPS) is 10.4. The first-order valence-electron chi connectivity index (χ1n) is 10.1. The van der Waals surface area contributed by atoms with Crippen LogP contribution in [-0.4, -0.2) is 18.4 Å². The molecule has 6 heteroatoms. The molecule has 1 aromatic heterocycles. The lowest BCUT2D eigenvalue weighted by atomic mass is 10.1. The van der Waals surface area contributed by atoms with Crippen molar-refractivity contribution in [3.63, 3.8) is 0 Å². The number of carbonyl (C=O) groups excluding carboxylic acids is 2. The molecule has 2 N–H and O–H groups in total. The number of ether oxygens (including phenoxy) is 1. The Bertz CT molecular complexity index is 950. The van der Waals surface area contributed by atoms with Gasteiger partial charge in [0.15, 0.2) is 0 Å². The number of anilines is 1. The summed E-state index contributed by atoms with van der Waals surface area (Å²) in [5.74, 6) is 0.786. The Morgan fingerprint density at radius 2 is 1.73 bits per heavy atom. The summed E-state index contributed by atoms with van der Waals surface area (Å²) < 4.78 is 11.0. The maximum atomic E-state index is 12.7. The van der Waals surface area contributed by atoms with Gasteiger partial charge in [0.05, 0.1) is 25.0 Å². The van der Waals surface area contributed by atoms with Gasteiger partial charge in [-0.3, -0.25) is 9.59 Å². The Kier molecular flexibility index (Phi) is 7.66. The predicted molar refractivity (Wildman–Crippen MR) is 116 cm³/mol. The number of rotatable bonds is 10. The third-order valence-corrected chi connectivity index (χ3v) is 4.55. The largest absolute Gasteiger partial charge is 0.493 e. The number of carbonyl (C=O) groups is 2. The lowest BCUT2D eigenvalue weighted by molar-refractivity contribution is 0.0947. The second kappa shape index (κ2) is 10.9. The molecule has 1 heterocycles. The van der Waals surface area contributed by atoms with Crippen molar-refractivity contribution in [1.82, 2.24) is 5.32 Å². The molecule has 0 radical (unpaired) electrons. The Balaban J connectivity index is 1.57. The Hall–Kier alpha value is -3.54. The molecular weight excluding hydrogens is 380 g/mol. The first kappa shape index (κ1) is 21.2. The molecule has 0 unspecified atom stereocenters. The molecule has 2 aromatic carbocycles. The van der Waals surface area contributed by atoms with E-state index in [2.05, 4.69) is 17.6 Å². The molecule has 0 atom stereocenters. The zero-order chi connectivity index (χ0) is 21.2. The number of amides is 2. The Morgan fingerprint density at radius 3 is 2.47 bits per heavy atom. The van der Waals surface area contributed by atoms with Crippen molar-refractivity contribution in [1.29, 1.82) is 0 Å². The average molecular weight is 406 g/mol. The molecule has 0 bridgehead atoms. The van der Waals surface area contributed by atoms with E-state index in [1.807, 2.05) is 6.07 Å². The summed E-state index contributed by atoms with van der Waals surface area (Å²) in [5.41, 5.74) is 1.58. The summed E-state index contributed by atoms with van der Waals surface area (Å²) in [7, 11) is 0. The lowest BCUT2D eigenvalue weighted by Gasteiger charge is -2.12. The molecular formula is C24H26N2O4. The van der Waals surface area contributed by atoms with Gasteiger partial charge in [0.25, 0.3) is 11.8 Å². The van der Waals surface area contributed by atoms with Crippen LogP contribution in [0.25, 0.3) is 0 Å². The second-order valence-electron chi connectivity index (χ2n) is 6.85. The highest BCUT2D eigenvalue weighted by Gasteiger charge is 2.13. The minimum absolute atomic E-state index is 0.213. The van der Waals surface area contributed by atoms with Crippen molar-refractivity contribution < 1.29 is 18.7 Å². The van der Waals surface area contributed by atoms with Crippen LogP contribution in [0.5, 0.6) is 5.75 Å². The Labute approximate surface area is 176 Å². The summed E-state index contributed by atoms with van der Waals surface area (Å²) in [5, 5.41) is 5.64. The van der Waals surface area contributed by atoms with Crippen molar-refractivity contribution in [3.05, 3.63) is 83.8 Å². The molecule has 0 spiro atoms. The number of benzene rings is 2. The van der Waals surface area contributed by atoms with Crippen LogP contribution in [0, 0.1) is 0 Å². The molecule has 0 aliphatic rings. The van der Waals surface area contributed by atoms with E-state index in [0.29, 0.717) is 41.5 Å². The van der Waals surface area contributed by atoms with Crippen molar-refractivity contribution >= 4 is 17.5 Å². The lowest BCUT2D eigenvalue weighted by Crippen LogP contribution is -2.22. The SMILES string of the molecule is CCCCCOc1ccccc1C(=O)Nc1ccc(C(=O)NCc2ccco2)cc1. The third-order valence-electron chi connectivity index (χ3n) is 4.55. The summed E-state index contributed by atoms with van der Waals surface area (Å²) in [6.07, 6.45) is 4.72. The van der Waals surface area contributed by atoms with E-state index < -0.39 is 0 Å². The number of unbranched alkanes of at least 4 members (excludes halogenated alkanes) is 2. The van der Waals surface area contributed by atoms with Gasteiger partial charge in [0, 0.05) is 11.3 Å². The summed E-state index contributed by atoms with van der Waals surface area (Å²) in [6.45, 7) is 3.04. The van der Waals surface area contributed by atoms with Crippen molar-refractivity contribution in [2.24, 2.45) is 0 Å². The topological polar surface area (TPSA) is 80.6 Å². The van der Waals surface area contributed by atoms with Crippen LogP contribution >= 0.6 is 0 Å². The molecule has 3 rings (SSSR count). The van der Waals surface area contributed by atoms with Gasteiger partial charge in [0.2, 0.25) is 0 Å². The number of hydrogen-bond donors (Lipinski definition) is 2. The number of furan rings is 1. The van der Waals surface area contributed by atoms with E-state index in [0.717, 1.165) is 19.3 Å². The van der Waals surface area contributed by atoms with Crippen LogP contribution in [0.15, 0.2) is 71.3 Å². The molecule has 2 amide bonds. The summed E-state index contributed by atoms with van der Waals surface area (Å²) in [4.78, 5) is 24.9. The molecule has 0 saturated carbocycles. The summed E-state index contributed by atoms with van der Waals surface area (Å²) in [6, 6.07) is 17.5. The summed E-state index contributed by atoms with van der Waals surface area (Å²) >= 11 is 0. The number of para-hydroxylation sites is 1. The van der Waals surface area contributed by atoms with E-state index in [1.165, 1.54) is 0 Å². The monoisotopic (exact) mass is 406 g/mol. The van der Waals surface area contributed by atoms with Crippen molar-refractivity contribution in [2.75, 3.05) is 11.9 Å². The first-order chi connectivity index (χ1) is 14.7. The van der Waals surface area contributed by atoms with Crippen LogP contribution in [0.2, 0.25) is 0 Å². The molecule has 6 nitrogen and oxygen atoms in total. The average Bonchev–Trinajstić information content (AvgIpc) is 3.29. The molecule has 3 aromatic rings. The van der Waals surface area contributed by atoms with Crippen LogP contribution in [-0.2, 0) is 6.54 Å². The highest BCUT2D eigenvalue weighted by Crippen LogP contribution is 2.20. The van der Waals surface area contributed by atoms with Gasteiger partial charge in [-0.1, -0.05) is 31.9 Å². The fraction of sp³-hybridized carbons (Fsp3) is 0.250. The Morgan fingerprint density at radius 1 is 0.933 bits per heavy atom. The van der Waals surface area contributed by atoms with Crippen molar-refractivity contribution in [3.8, 4) is 5.75 Å². The minimum Gasteiger partial charge on any atom is -0.493 e. The highest BCUT2D eigenvalue weighted by molar-refractivity contribution is 6.06. The van der Waals surface area contributed by atoms with E-state index >= 15 is 0 Å². The minimum atomic E-state index is -0.254. The van der Waals surface area contributed by atoms with Gasteiger partial charge in [-0.25, -0.2) is 0 Å². The molecule has 156 valence electrons. The van der Waals surface area contributed by atoms with Gasteiger partial charge in [-0.05, 0) is 55.0 Å². The van der Waals surface area contributed by atoms with Gasteiger partial charge in [-0.15, -0.1) is 0 Å². The predicted octanol–water partition coefficient (Wildman–Crippen LogP) is 5.03. The van der Waals surface area contributed by atoms with E-state index in [9.17, 15) is 9.59 Å². The molecule has 0 aliphatic heterocycles. The fourth-order valence-electron chi connectivity index (χ4n) is 2.90. The van der Waals surface area contributed by atoms with E-state index in [-0.39, 0.29) is 11.8 Å². The quantitative estimate of drug-likeness (QED) is 0.463. The molecule has 0 saturated heterocycles. The zero-order valence-electron chi connectivity index (χ0n) is 17.0. The standard InChI is InChI=1S/C24H26N2O4/c1-2-3-6-15-30-22-10-5-4-9-21(22)24(28)26-19-13-11-18(12-14-19)23(27)25-17-20-8-7-16-29-20/h4-5,7-14,16H,2-3,6,15,17H2,1H3,(H,25,27)(H,26,28). The molecule has 0 aliphatic carbocycles. The van der Waals surface area contributed by atoms with Gasteiger partial charge in [-0.2, -0.15) is 0 Å². The van der Waals surface area contributed by atoms with E-state index in [4.69, 9.17) is 9.15 Å². The first-order valence-corrected chi connectivity index (χ1v) is 10.1. The van der Waals surface area contributed by atoms with Crippen LogP contribution in [0.4, 0.5) is 5.69 Å². The molecule has 0 fully saturated rings. The van der Waals surface area contributed by atoms with Crippen LogP contribution in [0.3, 0.4) is 0 Å². The van der Waals surface area contributed by atoms with E-state index in [1.54, 1.807) is 60.9 Å². The zero-order valence-corrected chi connectivity index (χ0v) is 17.0. The maximum absolute atomic E-state index is 12.7. The van der Waals surface area contributed by atoms with Gasteiger partial charge in [0.1, 0.15) is 11.5 Å². The number of nitrogens with one attached hydrogen (secondary N) is 2. The highest BCUT2D eigenvalue weighted by atomic mass is 16.5. The smallest absolute Gasteiger partial charge is 0.259 e. The molecule has 30 heavy (non-hydrogen) atoms. The van der Waals surface area contributed by atoms with Gasteiger partial charge < -0.3 is 19.8 Å². The third kappa shape index (κ3) is 5.98.